The lowest BCUT2D eigenvalue weighted by Gasteiger charge is -2.20. The summed E-state index contributed by atoms with van der Waals surface area (Å²) < 4.78 is 5.71. The van der Waals surface area contributed by atoms with Crippen LogP contribution in [0.1, 0.15) is 21.5 Å². The van der Waals surface area contributed by atoms with Crippen molar-refractivity contribution >= 4 is 23.5 Å². The van der Waals surface area contributed by atoms with Crippen molar-refractivity contribution in [2.45, 2.75) is 0 Å². The smallest absolute Gasteiger partial charge is 0.258 e. The van der Waals surface area contributed by atoms with Crippen LogP contribution in [0.15, 0.2) is 60.2 Å². The molecule has 0 bridgehead atoms. The van der Waals surface area contributed by atoms with E-state index in [0.29, 0.717) is 23.3 Å². The van der Waals surface area contributed by atoms with E-state index in [1.165, 1.54) is 0 Å². The average molecular weight is 303 g/mol. The molecule has 0 saturated heterocycles. The average Bonchev–Trinajstić information content (AvgIpc) is 2.58. The number of para-hydroxylation sites is 1. The van der Waals surface area contributed by atoms with Crippen molar-refractivity contribution in [3.63, 3.8) is 0 Å². The predicted molar refractivity (Wildman–Crippen MR) is 86.8 cm³/mol. The molecule has 0 atom stereocenters. The highest BCUT2D eigenvalue weighted by Crippen LogP contribution is 2.29. The third-order valence-corrected chi connectivity index (χ3v) is 3.92. The molecular formula is C19H13NO3. The number of hydrogen-bond donors (Lipinski definition) is 1. The minimum Gasteiger partial charge on any atom is -0.488 e. The maximum absolute atomic E-state index is 12.2. The van der Waals surface area contributed by atoms with Crippen molar-refractivity contribution in [3.8, 4) is 5.75 Å². The van der Waals surface area contributed by atoms with Crippen molar-refractivity contribution in [3.05, 3.63) is 76.9 Å². The second-order valence-electron chi connectivity index (χ2n) is 5.43. The van der Waals surface area contributed by atoms with E-state index in [1.54, 1.807) is 24.3 Å². The fourth-order valence-electron chi connectivity index (χ4n) is 2.82. The highest BCUT2D eigenvalue weighted by molar-refractivity contribution is 6.31. The predicted octanol–water partition coefficient (Wildman–Crippen LogP) is 2.82. The Kier molecular flexibility index (Phi) is 3.08. The van der Waals surface area contributed by atoms with Gasteiger partial charge in [0.1, 0.15) is 12.4 Å². The molecule has 4 rings (SSSR count). The van der Waals surface area contributed by atoms with Crippen LogP contribution in [0.5, 0.6) is 5.75 Å². The largest absolute Gasteiger partial charge is 0.488 e. The lowest BCUT2D eigenvalue weighted by Crippen LogP contribution is -2.36. The summed E-state index contributed by atoms with van der Waals surface area (Å²) >= 11 is 0. The molecule has 2 aliphatic heterocycles. The molecule has 4 nitrogen and oxygen atoms in total. The van der Waals surface area contributed by atoms with Crippen molar-refractivity contribution in [2.75, 3.05) is 6.61 Å². The Morgan fingerprint density at radius 2 is 1.65 bits per heavy atom. The van der Waals surface area contributed by atoms with E-state index in [-0.39, 0.29) is 11.8 Å². The molecular weight excluding hydrogens is 290 g/mol. The Hall–Kier alpha value is -3.14. The first kappa shape index (κ1) is 13.5. The first-order valence-corrected chi connectivity index (χ1v) is 7.31. The van der Waals surface area contributed by atoms with Crippen LogP contribution in [0.2, 0.25) is 0 Å². The number of hydrogen-bond acceptors (Lipinski definition) is 3. The van der Waals surface area contributed by atoms with E-state index in [0.717, 1.165) is 16.9 Å². The molecule has 2 heterocycles. The molecule has 2 aliphatic rings. The van der Waals surface area contributed by atoms with Gasteiger partial charge in [0.05, 0.1) is 0 Å². The molecule has 0 radical (unpaired) electrons. The number of rotatable bonds is 1. The molecule has 4 heteroatoms. The van der Waals surface area contributed by atoms with Crippen molar-refractivity contribution in [2.24, 2.45) is 0 Å². The van der Waals surface area contributed by atoms with Gasteiger partial charge in [-0.3, -0.25) is 14.9 Å². The first-order valence-electron chi connectivity index (χ1n) is 7.31. The summed E-state index contributed by atoms with van der Waals surface area (Å²) in [6, 6.07) is 14.8. The summed E-state index contributed by atoms with van der Waals surface area (Å²) in [7, 11) is 0. The molecule has 0 fully saturated rings. The zero-order valence-electron chi connectivity index (χ0n) is 12.2. The summed E-state index contributed by atoms with van der Waals surface area (Å²) in [5.41, 5.74) is 3.51. The third kappa shape index (κ3) is 2.34. The van der Waals surface area contributed by atoms with E-state index < -0.39 is 0 Å². The first-order chi connectivity index (χ1) is 11.2. The number of fused-ring (bicyclic) bond motifs is 2. The molecule has 0 aliphatic carbocycles. The van der Waals surface area contributed by atoms with Gasteiger partial charge in [-0.15, -0.1) is 0 Å². The van der Waals surface area contributed by atoms with Crippen LogP contribution in [-0.4, -0.2) is 18.4 Å². The van der Waals surface area contributed by atoms with Crippen LogP contribution in [0.3, 0.4) is 0 Å². The summed E-state index contributed by atoms with van der Waals surface area (Å²) in [4.78, 5) is 24.1. The topological polar surface area (TPSA) is 55.4 Å². The standard InChI is InChI=1S/C19H13NO3/c21-18-15-7-3-2-6-14(15)16(19(22)20-18)10-12-9-13-5-1-4-8-17(13)23-11-12/h1-10H,11H2,(H,20,21,22)/b16-10+. The van der Waals surface area contributed by atoms with E-state index in [2.05, 4.69) is 5.32 Å². The zero-order chi connectivity index (χ0) is 15.8. The van der Waals surface area contributed by atoms with E-state index in [1.807, 2.05) is 36.4 Å². The van der Waals surface area contributed by atoms with E-state index >= 15 is 0 Å². The van der Waals surface area contributed by atoms with Gasteiger partial charge in [-0.25, -0.2) is 0 Å². The van der Waals surface area contributed by atoms with Gasteiger partial charge >= 0.3 is 0 Å². The van der Waals surface area contributed by atoms with Gasteiger partial charge in [0.2, 0.25) is 0 Å². The number of imide groups is 1. The molecule has 2 aromatic rings. The monoisotopic (exact) mass is 303 g/mol. The Labute approximate surface area is 133 Å². The van der Waals surface area contributed by atoms with Gasteiger partial charge in [-0.2, -0.15) is 0 Å². The van der Waals surface area contributed by atoms with Crippen molar-refractivity contribution < 1.29 is 14.3 Å². The number of nitrogens with one attached hydrogen (secondary N) is 1. The van der Waals surface area contributed by atoms with Crippen LogP contribution >= 0.6 is 0 Å². The molecule has 0 spiro atoms. The maximum atomic E-state index is 12.2. The highest BCUT2D eigenvalue weighted by atomic mass is 16.5. The fraction of sp³-hybridized carbons (Fsp3) is 0.0526. The Morgan fingerprint density at radius 3 is 2.52 bits per heavy atom. The molecule has 0 saturated carbocycles. The minimum atomic E-state index is -0.381. The molecule has 2 amide bonds. The molecule has 0 aromatic heterocycles. The molecule has 23 heavy (non-hydrogen) atoms. The zero-order valence-corrected chi connectivity index (χ0v) is 12.2. The SMILES string of the molecule is O=C1NC(=O)c2ccccc2/C1=C\C1=Cc2ccccc2OC1. The second kappa shape index (κ2) is 5.25. The number of carbonyl (C=O) groups is 2. The van der Waals surface area contributed by atoms with Gasteiger partial charge in [0.15, 0.2) is 0 Å². The van der Waals surface area contributed by atoms with E-state index in [9.17, 15) is 9.59 Å². The number of benzene rings is 2. The van der Waals surface area contributed by atoms with Gasteiger partial charge in [0.25, 0.3) is 11.8 Å². The van der Waals surface area contributed by atoms with Crippen LogP contribution in [-0.2, 0) is 4.79 Å². The normalized spacial score (nSPS) is 17.7. The van der Waals surface area contributed by atoms with Crippen LogP contribution in [0, 0.1) is 0 Å². The molecule has 1 N–H and O–H groups in total. The quantitative estimate of drug-likeness (QED) is 0.651. The number of carbonyl (C=O) groups excluding carboxylic acids is 2. The van der Waals surface area contributed by atoms with E-state index in [4.69, 9.17) is 4.74 Å². The Bertz CT molecular complexity index is 893. The molecule has 112 valence electrons. The second-order valence-corrected chi connectivity index (χ2v) is 5.43. The molecule has 2 aromatic carbocycles. The van der Waals surface area contributed by atoms with Gasteiger partial charge in [-0.05, 0) is 35.4 Å². The van der Waals surface area contributed by atoms with Gasteiger partial charge in [-0.1, -0.05) is 36.4 Å². The molecule has 0 unspecified atom stereocenters. The fourth-order valence-corrected chi connectivity index (χ4v) is 2.82. The summed E-state index contributed by atoms with van der Waals surface area (Å²) in [5.74, 6) is 0.0914. The van der Waals surface area contributed by atoms with Gasteiger partial charge in [0, 0.05) is 16.7 Å². The van der Waals surface area contributed by atoms with Crippen molar-refractivity contribution in [1.82, 2.24) is 5.32 Å². The van der Waals surface area contributed by atoms with Crippen LogP contribution in [0.25, 0.3) is 11.6 Å². The summed E-state index contributed by atoms with van der Waals surface area (Å²) in [6.07, 6.45) is 3.79. The van der Waals surface area contributed by atoms with Crippen molar-refractivity contribution in [1.29, 1.82) is 0 Å². The number of amides is 2. The Balaban J connectivity index is 1.80. The maximum Gasteiger partial charge on any atom is 0.258 e. The minimum absolute atomic E-state index is 0.359. The highest BCUT2D eigenvalue weighted by Gasteiger charge is 2.27. The summed E-state index contributed by atoms with van der Waals surface area (Å²) in [6.45, 7) is 0.393. The van der Waals surface area contributed by atoms with Gasteiger partial charge < -0.3 is 4.74 Å². The van der Waals surface area contributed by atoms with Crippen LogP contribution < -0.4 is 10.1 Å². The van der Waals surface area contributed by atoms with Crippen LogP contribution in [0.4, 0.5) is 0 Å². The lowest BCUT2D eigenvalue weighted by molar-refractivity contribution is -0.114. The third-order valence-electron chi connectivity index (χ3n) is 3.92. The lowest BCUT2D eigenvalue weighted by atomic mass is 9.93. The Morgan fingerprint density at radius 1 is 0.913 bits per heavy atom. The summed E-state index contributed by atoms with van der Waals surface area (Å²) in [5, 5.41) is 2.38. The number of ether oxygens (including phenoxy) is 1.